The van der Waals surface area contributed by atoms with Crippen LogP contribution >= 0.6 is 24.0 Å². The number of aryl methyl sites for hydroxylation is 1. The molecule has 2 N–H and O–H groups in total. The fourth-order valence-corrected chi connectivity index (χ4v) is 1.25. The van der Waals surface area contributed by atoms with E-state index in [4.69, 9.17) is 17.3 Å². The Balaban J connectivity index is 0.00000144. The highest BCUT2D eigenvalue weighted by Crippen LogP contribution is 2.20. The predicted octanol–water partition coefficient (Wildman–Crippen LogP) is 3.48. The van der Waals surface area contributed by atoms with E-state index in [-0.39, 0.29) is 18.4 Å². The van der Waals surface area contributed by atoms with Crippen LogP contribution in [0.2, 0.25) is 5.02 Å². The molecule has 74 valence electrons. The molecule has 0 aromatic heterocycles. The van der Waals surface area contributed by atoms with Gasteiger partial charge in [0.2, 0.25) is 0 Å². The maximum absolute atomic E-state index is 5.89. The molecular formula is C10H15Cl2N. The second-order valence-electron chi connectivity index (χ2n) is 3.02. The molecule has 1 aromatic rings. The minimum atomic E-state index is 0. The molecule has 1 atom stereocenters. The lowest BCUT2D eigenvalue weighted by Gasteiger charge is -2.10. The number of hydrogen-bond acceptors (Lipinski definition) is 1. The number of halogens is 2. The SMILES string of the molecule is CC[C@H](N)c1ccc(Cl)c(C)c1.Cl. The van der Waals surface area contributed by atoms with Crippen LogP contribution in [0.1, 0.15) is 30.5 Å². The van der Waals surface area contributed by atoms with Crippen LogP contribution in [-0.4, -0.2) is 0 Å². The van der Waals surface area contributed by atoms with Crippen LogP contribution in [0.5, 0.6) is 0 Å². The lowest BCUT2D eigenvalue weighted by molar-refractivity contribution is 0.698. The van der Waals surface area contributed by atoms with E-state index in [2.05, 4.69) is 13.0 Å². The van der Waals surface area contributed by atoms with Gasteiger partial charge in [-0.3, -0.25) is 0 Å². The summed E-state index contributed by atoms with van der Waals surface area (Å²) in [5, 5.41) is 0.807. The quantitative estimate of drug-likeness (QED) is 0.811. The molecule has 0 unspecified atom stereocenters. The van der Waals surface area contributed by atoms with Crippen molar-refractivity contribution in [1.82, 2.24) is 0 Å². The lowest BCUT2D eigenvalue weighted by atomic mass is 10.0. The summed E-state index contributed by atoms with van der Waals surface area (Å²) in [6.45, 7) is 4.07. The standard InChI is InChI=1S/C10H14ClN.ClH/c1-3-10(12)8-4-5-9(11)7(2)6-8;/h4-6,10H,3,12H2,1-2H3;1H/t10-;/m0./s1. The van der Waals surface area contributed by atoms with Gasteiger partial charge in [0.25, 0.3) is 0 Å². The molecule has 0 saturated carbocycles. The van der Waals surface area contributed by atoms with Gasteiger partial charge in [0.15, 0.2) is 0 Å². The van der Waals surface area contributed by atoms with Crippen molar-refractivity contribution in [2.45, 2.75) is 26.3 Å². The Morgan fingerprint density at radius 3 is 2.54 bits per heavy atom. The van der Waals surface area contributed by atoms with E-state index >= 15 is 0 Å². The van der Waals surface area contributed by atoms with Gasteiger partial charge in [0, 0.05) is 11.1 Å². The number of nitrogens with two attached hydrogens (primary N) is 1. The van der Waals surface area contributed by atoms with Gasteiger partial charge < -0.3 is 5.73 Å². The van der Waals surface area contributed by atoms with Crippen LogP contribution in [0, 0.1) is 6.92 Å². The molecule has 0 heterocycles. The first-order valence-electron chi connectivity index (χ1n) is 4.16. The van der Waals surface area contributed by atoms with Crippen molar-refractivity contribution < 1.29 is 0 Å². The molecular weight excluding hydrogens is 205 g/mol. The molecule has 0 aliphatic carbocycles. The highest BCUT2D eigenvalue weighted by Gasteiger charge is 2.03. The molecule has 0 fully saturated rings. The van der Waals surface area contributed by atoms with E-state index in [1.807, 2.05) is 19.1 Å². The van der Waals surface area contributed by atoms with E-state index in [0.29, 0.717) is 0 Å². The van der Waals surface area contributed by atoms with Gasteiger partial charge in [-0.05, 0) is 30.5 Å². The second-order valence-corrected chi connectivity index (χ2v) is 3.43. The maximum Gasteiger partial charge on any atom is 0.0435 e. The Kier molecular flexibility index (Phi) is 5.38. The average molecular weight is 220 g/mol. The van der Waals surface area contributed by atoms with Gasteiger partial charge >= 0.3 is 0 Å². The van der Waals surface area contributed by atoms with Gasteiger partial charge in [-0.1, -0.05) is 30.7 Å². The van der Waals surface area contributed by atoms with Crippen molar-refractivity contribution in [1.29, 1.82) is 0 Å². The third-order valence-electron chi connectivity index (χ3n) is 2.05. The van der Waals surface area contributed by atoms with E-state index in [1.165, 1.54) is 5.56 Å². The van der Waals surface area contributed by atoms with Crippen LogP contribution in [0.4, 0.5) is 0 Å². The molecule has 0 amide bonds. The molecule has 0 saturated heterocycles. The summed E-state index contributed by atoms with van der Waals surface area (Å²) in [5.41, 5.74) is 8.13. The van der Waals surface area contributed by atoms with Crippen LogP contribution in [0.3, 0.4) is 0 Å². The Labute approximate surface area is 90.7 Å². The number of rotatable bonds is 2. The first-order valence-corrected chi connectivity index (χ1v) is 4.54. The van der Waals surface area contributed by atoms with Crippen LogP contribution in [0.25, 0.3) is 0 Å². The van der Waals surface area contributed by atoms with E-state index in [1.54, 1.807) is 0 Å². The molecule has 13 heavy (non-hydrogen) atoms. The van der Waals surface area contributed by atoms with Crippen LogP contribution in [0.15, 0.2) is 18.2 Å². The summed E-state index contributed by atoms with van der Waals surface area (Å²) in [6, 6.07) is 6.09. The van der Waals surface area contributed by atoms with Crippen molar-refractivity contribution in [2.24, 2.45) is 5.73 Å². The lowest BCUT2D eigenvalue weighted by Crippen LogP contribution is -2.08. The molecule has 1 nitrogen and oxygen atoms in total. The Hall–Kier alpha value is -0.240. The zero-order chi connectivity index (χ0) is 9.14. The Morgan fingerprint density at radius 2 is 2.08 bits per heavy atom. The zero-order valence-corrected chi connectivity index (χ0v) is 9.45. The first kappa shape index (κ1) is 12.8. The van der Waals surface area contributed by atoms with Gasteiger partial charge in [0.05, 0.1) is 0 Å². The Bertz CT molecular complexity index is 274. The van der Waals surface area contributed by atoms with Gasteiger partial charge in [0.1, 0.15) is 0 Å². The molecule has 0 aliphatic heterocycles. The zero-order valence-electron chi connectivity index (χ0n) is 7.88. The fraction of sp³-hybridized carbons (Fsp3) is 0.400. The third kappa shape index (κ3) is 3.18. The first-order chi connectivity index (χ1) is 5.65. The minimum absolute atomic E-state index is 0. The largest absolute Gasteiger partial charge is 0.324 e. The minimum Gasteiger partial charge on any atom is -0.324 e. The van der Waals surface area contributed by atoms with Gasteiger partial charge in [-0.25, -0.2) is 0 Å². The maximum atomic E-state index is 5.89. The molecule has 1 aromatic carbocycles. The summed E-state index contributed by atoms with van der Waals surface area (Å²) in [7, 11) is 0. The normalized spacial score (nSPS) is 12.0. The molecule has 0 bridgehead atoms. The van der Waals surface area contributed by atoms with E-state index in [0.717, 1.165) is 17.0 Å². The summed E-state index contributed by atoms with van der Waals surface area (Å²) in [4.78, 5) is 0. The molecule has 0 spiro atoms. The number of benzene rings is 1. The highest BCUT2D eigenvalue weighted by atomic mass is 35.5. The molecule has 3 heteroatoms. The van der Waals surface area contributed by atoms with Crippen molar-refractivity contribution in [3.63, 3.8) is 0 Å². The van der Waals surface area contributed by atoms with Crippen molar-refractivity contribution >= 4 is 24.0 Å². The Morgan fingerprint density at radius 1 is 1.46 bits per heavy atom. The highest BCUT2D eigenvalue weighted by molar-refractivity contribution is 6.31. The smallest absolute Gasteiger partial charge is 0.0435 e. The van der Waals surface area contributed by atoms with Gasteiger partial charge in [-0.15, -0.1) is 12.4 Å². The van der Waals surface area contributed by atoms with Crippen molar-refractivity contribution in [3.05, 3.63) is 34.3 Å². The predicted molar refractivity (Wildman–Crippen MR) is 60.7 cm³/mol. The van der Waals surface area contributed by atoms with Gasteiger partial charge in [-0.2, -0.15) is 0 Å². The third-order valence-corrected chi connectivity index (χ3v) is 2.47. The average Bonchev–Trinajstić information content (AvgIpc) is 2.08. The van der Waals surface area contributed by atoms with Crippen molar-refractivity contribution in [2.75, 3.05) is 0 Å². The van der Waals surface area contributed by atoms with Crippen molar-refractivity contribution in [3.8, 4) is 0 Å². The van der Waals surface area contributed by atoms with E-state index < -0.39 is 0 Å². The monoisotopic (exact) mass is 219 g/mol. The fourth-order valence-electron chi connectivity index (χ4n) is 1.13. The van der Waals surface area contributed by atoms with E-state index in [9.17, 15) is 0 Å². The molecule has 0 radical (unpaired) electrons. The summed E-state index contributed by atoms with van der Waals surface area (Å²) in [6.07, 6.45) is 0.959. The summed E-state index contributed by atoms with van der Waals surface area (Å²) < 4.78 is 0. The molecule has 1 rings (SSSR count). The van der Waals surface area contributed by atoms with Crippen LogP contribution < -0.4 is 5.73 Å². The van der Waals surface area contributed by atoms with Crippen LogP contribution in [-0.2, 0) is 0 Å². The molecule has 0 aliphatic rings. The second kappa shape index (κ2) is 5.48. The summed E-state index contributed by atoms with van der Waals surface area (Å²) in [5.74, 6) is 0. The number of hydrogen-bond donors (Lipinski definition) is 1. The summed E-state index contributed by atoms with van der Waals surface area (Å²) >= 11 is 5.89. The topological polar surface area (TPSA) is 26.0 Å².